The third-order valence-corrected chi connectivity index (χ3v) is 6.38. The molecule has 2 aromatic carbocycles. The highest BCUT2D eigenvalue weighted by atomic mass is 16.6. The molecule has 2 fully saturated rings. The van der Waals surface area contributed by atoms with Gasteiger partial charge >= 0.3 is 0 Å². The number of benzene rings is 2. The van der Waals surface area contributed by atoms with E-state index in [0.29, 0.717) is 30.4 Å². The molecule has 0 N–H and O–H groups in total. The maximum atomic E-state index is 13.6. The molecular weight excluding hydrogens is 382 g/mol. The molecule has 0 aliphatic carbocycles. The SMILES string of the molecule is N#C[C@H]1[C@@H]2C(=O)N(c3ccc4c(c3)OCCO4)C(=O)[C@@H]2[C@H]2c3ccccc3C=CN21. The fraction of sp³-hybridized carbons (Fsp3) is 0.261. The Bertz CT molecular complexity index is 1170. The predicted molar refractivity (Wildman–Crippen MR) is 106 cm³/mol. The van der Waals surface area contributed by atoms with Gasteiger partial charge in [0, 0.05) is 12.3 Å². The lowest BCUT2D eigenvalue weighted by Crippen LogP contribution is -2.40. The molecule has 0 unspecified atom stereocenters. The Morgan fingerprint density at radius 2 is 1.73 bits per heavy atom. The maximum absolute atomic E-state index is 13.6. The van der Waals surface area contributed by atoms with Crippen molar-refractivity contribution in [2.24, 2.45) is 11.8 Å². The van der Waals surface area contributed by atoms with Crippen LogP contribution >= 0.6 is 0 Å². The number of rotatable bonds is 1. The van der Waals surface area contributed by atoms with Crippen LogP contribution in [0.15, 0.2) is 48.7 Å². The first kappa shape index (κ1) is 17.1. The van der Waals surface area contributed by atoms with Crippen LogP contribution < -0.4 is 14.4 Å². The maximum Gasteiger partial charge on any atom is 0.240 e. The summed E-state index contributed by atoms with van der Waals surface area (Å²) in [5, 5.41) is 9.87. The van der Waals surface area contributed by atoms with Crippen LogP contribution in [0.25, 0.3) is 6.08 Å². The monoisotopic (exact) mass is 399 g/mol. The van der Waals surface area contributed by atoms with Crippen molar-refractivity contribution in [1.29, 1.82) is 5.26 Å². The summed E-state index contributed by atoms with van der Waals surface area (Å²) in [6.07, 6.45) is 3.78. The Hall–Kier alpha value is -3.79. The van der Waals surface area contributed by atoms with E-state index >= 15 is 0 Å². The standard InChI is InChI=1S/C23H17N3O4/c24-12-16-19-20(21-15-4-2-1-3-13(15)7-8-25(16)21)23(28)26(22(19)27)14-5-6-17-18(11-14)30-10-9-29-17/h1-8,11,16,19-21H,9-10H2/t16-,19-,20-,21+/m0/s1. The largest absolute Gasteiger partial charge is 0.486 e. The summed E-state index contributed by atoms with van der Waals surface area (Å²) in [5.41, 5.74) is 2.43. The van der Waals surface area contributed by atoms with Crippen molar-refractivity contribution < 1.29 is 19.1 Å². The molecule has 2 saturated heterocycles. The van der Waals surface area contributed by atoms with E-state index in [2.05, 4.69) is 6.07 Å². The molecule has 2 amide bonds. The minimum Gasteiger partial charge on any atom is -0.486 e. The number of ether oxygens (including phenoxy) is 2. The summed E-state index contributed by atoms with van der Waals surface area (Å²) in [6, 6.07) is 14.1. The molecule has 7 nitrogen and oxygen atoms in total. The van der Waals surface area contributed by atoms with Gasteiger partial charge < -0.3 is 14.4 Å². The van der Waals surface area contributed by atoms with E-state index < -0.39 is 17.9 Å². The Morgan fingerprint density at radius 3 is 2.57 bits per heavy atom. The van der Waals surface area contributed by atoms with Crippen LogP contribution in [0.5, 0.6) is 11.5 Å². The van der Waals surface area contributed by atoms with Crippen molar-refractivity contribution in [3.05, 3.63) is 59.8 Å². The predicted octanol–water partition coefficient (Wildman–Crippen LogP) is 2.50. The molecule has 0 aromatic heterocycles. The summed E-state index contributed by atoms with van der Waals surface area (Å²) in [5.74, 6) is -0.830. The molecule has 0 bridgehead atoms. The van der Waals surface area contributed by atoms with E-state index in [-0.39, 0.29) is 17.9 Å². The van der Waals surface area contributed by atoms with Gasteiger partial charge in [-0.25, -0.2) is 4.90 Å². The molecule has 4 atom stereocenters. The number of fused-ring (bicyclic) bond motifs is 6. The molecule has 4 heterocycles. The summed E-state index contributed by atoms with van der Waals surface area (Å²) in [7, 11) is 0. The Morgan fingerprint density at radius 1 is 0.967 bits per heavy atom. The molecule has 4 aliphatic heterocycles. The van der Waals surface area contributed by atoms with Gasteiger partial charge in [-0.15, -0.1) is 0 Å². The molecule has 2 aromatic rings. The number of hydrogen-bond donors (Lipinski definition) is 0. The highest BCUT2D eigenvalue weighted by molar-refractivity contribution is 6.23. The van der Waals surface area contributed by atoms with Crippen molar-refractivity contribution in [3.8, 4) is 17.6 Å². The first-order valence-electron chi connectivity index (χ1n) is 9.90. The van der Waals surface area contributed by atoms with Gasteiger partial charge in [-0.3, -0.25) is 9.59 Å². The highest BCUT2D eigenvalue weighted by Crippen LogP contribution is 2.53. The first-order valence-corrected chi connectivity index (χ1v) is 9.90. The molecule has 0 spiro atoms. The van der Waals surface area contributed by atoms with Crippen molar-refractivity contribution in [1.82, 2.24) is 4.90 Å². The number of carbonyl (C=O) groups excluding carboxylic acids is 2. The molecule has 0 radical (unpaired) electrons. The summed E-state index contributed by atoms with van der Waals surface area (Å²) >= 11 is 0. The third-order valence-electron chi connectivity index (χ3n) is 6.38. The average Bonchev–Trinajstić information content (AvgIpc) is 3.25. The van der Waals surface area contributed by atoms with Crippen LogP contribution in [-0.2, 0) is 9.59 Å². The van der Waals surface area contributed by atoms with Gasteiger partial charge in [0.15, 0.2) is 11.5 Å². The van der Waals surface area contributed by atoms with E-state index in [9.17, 15) is 14.9 Å². The lowest BCUT2D eigenvalue weighted by atomic mass is 9.85. The molecule has 30 heavy (non-hydrogen) atoms. The quantitative estimate of drug-likeness (QED) is 0.686. The summed E-state index contributed by atoms with van der Waals surface area (Å²) in [4.78, 5) is 30.1. The topological polar surface area (TPSA) is 82.9 Å². The fourth-order valence-corrected chi connectivity index (χ4v) is 5.13. The van der Waals surface area contributed by atoms with E-state index in [0.717, 1.165) is 11.1 Å². The van der Waals surface area contributed by atoms with Crippen LogP contribution in [0, 0.1) is 23.2 Å². The van der Waals surface area contributed by atoms with Crippen molar-refractivity contribution in [3.63, 3.8) is 0 Å². The van der Waals surface area contributed by atoms with Crippen LogP contribution in [0.3, 0.4) is 0 Å². The van der Waals surface area contributed by atoms with Crippen LogP contribution in [0.4, 0.5) is 5.69 Å². The third kappa shape index (κ3) is 2.13. The van der Waals surface area contributed by atoms with Crippen LogP contribution in [0.2, 0.25) is 0 Å². The van der Waals surface area contributed by atoms with Crippen molar-refractivity contribution >= 4 is 23.6 Å². The van der Waals surface area contributed by atoms with Crippen LogP contribution in [-0.4, -0.2) is 36.0 Å². The van der Waals surface area contributed by atoms with E-state index in [1.54, 1.807) is 18.2 Å². The molecule has 148 valence electrons. The molecular formula is C23H17N3O4. The van der Waals surface area contributed by atoms with Gasteiger partial charge in [0.25, 0.3) is 0 Å². The minimum absolute atomic E-state index is 0.278. The second kappa shape index (κ2) is 6.10. The number of nitriles is 1. The normalized spacial score (nSPS) is 28.1. The zero-order valence-corrected chi connectivity index (χ0v) is 15.9. The average molecular weight is 399 g/mol. The highest BCUT2D eigenvalue weighted by Gasteiger charge is 2.63. The van der Waals surface area contributed by atoms with Crippen molar-refractivity contribution in [2.75, 3.05) is 18.1 Å². The second-order valence-electron chi connectivity index (χ2n) is 7.80. The van der Waals surface area contributed by atoms with Crippen LogP contribution in [0.1, 0.15) is 17.2 Å². The number of carbonyl (C=O) groups is 2. The fourth-order valence-electron chi connectivity index (χ4n) is 5.13. The lowest BCUT2D eigenvalue weighted by Gasteiger charge is -2.33. The Balaban J connectivity index is 1.44. The number of nitrogens with zero attached hydrogens (tertiary/aromatic N) is 3. The second-order valence-corrected chi connectivity index (χ2v) is 7.80. The molecule has 7 heteroatoms. The molecule has 6 rings (SSSR count). The number of hydrogen-bond acceptors (Lipinski definition) is 6. The van der Waals surface area contributed by atoms with Gasteiger partial charge in [0.2, 0.25) is 11.8 Å². The first-order chi connectivity index (χ1) is 14.7. The molecule has 0 saturated carbocycles. The lowest BCUT2D eigenvalue weighted by molar-refractivity contribution is -0.123. The van der Waals surface area contributed by atoms with Gasteiger partial charge in [-0.05, 0) is 29.3 Å². The van der Waals surface area contributed by atoms with E-state index in [4.69, 9.17) is 9.47 Å². The smallest absolute Gasteiger partial charge is 0.240 e. The zero-order valence-electron chi connectivity index (χ0n) is 15.9. The number of anilines is 1. The van der Waals surface area contributed by atoms with Gasteiger partial charge in [-0.1, -0.05) is 24.3 Å². The van der Waals surface area contributed by atoms with Crippen molar-refractivity contribution in [2.45, 2.75) is 12.1 Å². The van der Waals surface area contributed by atoms with Gasteiger partial charge in [-0.2, -0.15) is 5.26 Å². The zero-order chi connectivity index (χ0) is 20.4. The summed E-state index contributed by atoms with van der Waals surface area (Å²) < 4.78 is 11.2. The van der Waals surface area contributed by atoms with E-state index in [1.165, 1.54) is 4.90 Å². The number of amides is 2. The Kier molecular flexibility index (Phi) is 3.48. The minimum atomic E-state index is -0.712. The molecule has 4 aliphatic rings. The van der Waals surface area contributed by atoms with Gasteiger partial charge in [0.1, 0.15) is 19.3 Å². The summed E-state index contributed by atoms with van der Waals surface area (Å²) in [6.45, 7) is 0.882. The van der Waals surface area contributed by atoms with Gasteiger partial charge in [0.05, 0.1) is 29.6 Å². The Labute approximate surface area is 172 Å². The van der Waals surface area contributed by atoms with E-state index in [1.807, 2.05) is 41.4 Å². The number of imide groups is 1.